The van der Waals surface area contributed by atoms with Crippen molar-refractivity contribution >= 4 is 58.0 Å². The second-order valence-electron chi connectivity index (χ2n) is 20.1. The van der Waals surface area contributed by atoms with Crippen molar-refractivity contribution < 1.29 is 27.1 Å². The summed E-state index contributed by atoms with van der Waals surface area (Å²) in [6.45, 7) is 14.5. The summed E-state index contributed by atoms with van der Waals surface area (Å²) in [7, 11) is 0. The lowest BCUT2D eigenvalue weighted by atomic mass is 9.97. The van der Waals surface area contributed by atoms with Crippen molar-refractivity contribution in [1.82, 2.24) is 49.5 Å². The maximum absolute atomic E-state index is 14.3. The van der Waals surface area contributed by atoms with E-state index in [1.54, 1.807) is 42.7 Å². The molecule has 13 nitrogen and oxygen atoms in total. The Bertz CT molecular complexity index is 2860. The van der Waals surface area contributed by atoms with Gasteiger partial charge in [-0.2, -0.15) is 13.2 Å². The number of rotatable bonds is 13. The number of nitrogens with zero attached hydrogens (tertiary/aromatic N) is 10. The van der Waals surface area contributed by atoms with Crippen molar-refractivity contribution in [3.8, 4) is 22.8 Å². The van der Waals surface area contributed by atoms with Crippen LogP contribution in [0.1, 0.15) is 75.3 Å². The summed E-state index contributed by atoms with van der Waals surface area (Å²) in [5, 5.41) is 11.4. The van der Waals surface area contributed by atoms with Gasteiger partial charge in [-0.25, -0.2) is 28.7 Å². The maximum Gasteiger partial charge on any atom is 0.420 e. The van der Waals surface area contributed by atoms with Gasteiger partial charge < -0.3 is 24.9 Å². The number of aliphatic hydroxyl groups excluding tert-OH is 1. The number of anilines is 2. The van der Waals surface area contributed by atoms with Crippen molar-refractivity contribution in [2.24, 2.45) is 0 Å². The van der Waals surface area contributed by atoms with E-state index >= 15 is 0 Å². The SMILES string of the molecule is CC[C@H]1CN(c2ncc(-c3ncc(C(O)C(F)(F)F)[nH]3)cc2Cl)CCN1C1CCN(Cc2ccc(Cl)cc2F)CC1.CC[C@H]1CN(c2ncc(-c3ncc[nH]3)cc2Cl)CCN1C1CCN(Cc2ccc(Cl)cc2F)CC1. The van der Waals surface area contributed by atoms with E-state index in [0.717, 1.165) is 133 Å². The van der Waals surface area contributed by atoms with Gasteiger partial charge in [-0.1, -0.05) is 72.4 Å². The minimum Gasteiger partial charge on any atom is -0.378 e. The van der Waals surface area contributed by atoms with E-state index in [2.05, 4.69) is 68.2 Å². The van der Waals surface area contributed by atoms with Crippen molar-refractivity contribution in [2.75, 3.05) is 75.2 Å². The number of piperazine rings is 2. The van der Waals surface area contributed by atoms with Crippen LogP contribution < -0.4 is 9.80 Å². The fraction of sp³-hybridized carbons (Fsp3) is 0.481. The van der Waals surface area contributed by atoms with Gasteiger partial charge >= 0.3 is 6.18 Å². The molecule has 1 unspecified atom stereocenters. The molecule has 10 rings (SSSR count). The molecule has 3 N–H and O–H groups in total. The third kappa shape index (κ3) is 13.4. The van der Waals surface area contributed by atoms with Gasteiger partial charge in [-0.05, 0) is 101 Å². The van der Waals surface area contributed by atoms with Crippen LogP contribution in [0.15, 0.2) is 79.5 Å². The van der Waals surface area contributed by atoms with Crippen LogP contribution in [0.2, 0.25) is 20.1 Å². The highest BCUT2D eigenvalue weighted by molar-refractivity contribution is 6.33. The van der Waals surface area contributed by atoms with E-state index in [1.165, 1.54) is 18.3 Å². The number of likely N-dealkylation sites (tertiary alicyclic amines) is 2. The first kappa shape index (κ1) is 56.1. The van der Waals surface area contributed by atoms with Gasteiger partial charge in [-0.3, -0.25) is 19.6 Å². The molecule has 4 aliphatic rings. The molecule has 0 aliphatic carbocycles. The van der Waals surface area contributed by atoms with Crippen LogP contribution in [0.4, 0.5) is 33.6 Å². The smallest absolute Gasteiger partial charge is 0.378 e. The molecular weight excluding hydrogens is 1070 g/mol. The summed E-state index contributed by atoms with van der Waals surface area (Å²) in [4.78, 5) is 37.5. The van der Waals surface area contributed by atoms with E-state index in [1.807, 2.05) is 12.3 Å². The standard InChI is InChI=1S/C28H32Cl2F4N6O.C26H31Cl2FN6/c1-2-20-16-39(27-22(30)11-18(13-36-27)26-35-14-24(37-26)25(41)28(32,33)34)9-10-40(20)21-5-7-38(8-6-21)15-17-3-4-19(29)12-23(17)31;1-2-21-17-34(26-23(28)13-19(15-32-26)25-30-7-8-31-25)11-12-35(21)22-5-9-33(10-6-22)16-18-3-4-20(27)14-24(18)29/h3-4,11-14,20-21,25,41H,2,5-10,15-16H2,1H3,(H,35,37);3-4,7-8,13-15,21-22H,2,5-6,9-12,16-17H2,1H3,(H,30,31)/t20-,25?;21-/m00/s1. The molecule has 4 fully saturated rings. The summed E-state index contributed by atoms with van der Waals surface area (Å²) in [6.07, 6.45) is 6.65. The predicted molar refractivity (Wildman–Crippen MR) is 290 cm³/mol. The number of aromatic nitrogens is 6. The number of alkyl halides is 3. The lowest BCUT2D eigenvalue weighted by Crippen LogP contribution is -2.58. The van der Waals surface area contributed by atoms with Crippen LogP contribution in [0.5, 0.6) is 0 Å². The predicted octanol–water partition coefficient (Wildman–Crippen LogP) is 11.6. The summed E-state index contributed by atoms with van der Waals surface area (Å²) >= 11 is 25.1. The first-order valence-corrected chi connectivity index (χ1v) is 27.5. The summed E-state index contributed by atoms with van der Waals surface area (Å²) in [6, 6.07) is 15.1. The van der Waals surface area contributed by atoms with Crippen molar-refractivity contribution in [3.05, 3.63) is 128 Å². The molecule has 2 aromatic carbocycles. The van der Waals surface area contributed by atoms with Gasteiger partial charge in [-0.15, -0.1) is 0 Å². The zero-order valence-electron chi connectivity index (χ0n) is 42.4. The Labute approximate surface area is 460 Å². The number of aliphatic hydroxyl groups is 1. The summed E-state index contributed by atoms with van der Waals surface area (Å²) in [5.74, 6) is 1.90. The second-order valence-corrected chi connectivity index (χ2v) is 21.8. The molecule has 0 bridgehead atoms. The van der Waals surface area contributed by atoms with Gasteiger partial charge in [0.1, 0.15) is 34.9 Å². The Morgan fingerprint density at radius 2 is 1.09 bits per heavy atom. The molecule has 0 saturated carbocycles. The molecule has 0 spiro atoms. The number of imidazole rings is 2. The summed E-state index contributed by atoms with van der Waals surface area (Å²) < 4.78 is 67.0. The fourth-order valence-corrected chi connectivity index (χ4v) is 12.1. The number of hydrogen-bond acceptors (Lipinski definition) is 11. The third-order valence-electron chi connectivity index (χ3n) is 15.4. The number of halogens is 9. The van der Waals surface area contributed by atoms with Crippen molar-refractivity contribution in [1.29, 1.82) is 0 Å². The zero-order chi connectivity index (χ0) is 53.7. The van der Waals surface area contributed by atoms with Gasteiger partial charge in [0.2, 0.25) is 0 Å². The van der Waals surface area contributed by atoms with E-state index in [9.17, 15) is 27.1 Å². The minimum absolute atomic E-state index is 0.144. The Morgan fingerprint density at radius 3 is 1.50 bits per heavy atom. The molecule has 8 heterocycles. The average Bonchev–Trinajstić information content (AvgIpc) is 4.15. The second kappa shape index (κ2) is 25.0. The molecule has 76 heavy (non-hydrogen) atoms. The molecule has 0 radical (unpaired) electrons. The molecular formula is C54H63Cl4F5N12O. The van der Waals surface area contributed by atoms with Crippen molar-refractivity contribution in [3.63, 3.8) is 0 Å². The Kier molecular flexibility index (Phi) is 18.5. The minimum atomic E-state index is -4.80. The third-order valence-corrected chi connectivity index (χ3v) is 16.4. The molecule has 4 aliphatic heterocycles. The quantitative estimate of drug-likeness (QED) is 0.0958. The first-order valence-electron chi connectivity index (χ1n) is 26.0. The normalized spacial score (nSPS) is 20.5. The highest BCUT2D eigenvalue weighted by atomic mass is 35.5. The Hall–Kier alpha value is -4.63. The average molecular weight is 1130 g/mol. The van der Waals surface area contributed by atoms with Gasteiger partial charge in [0.05, 0.1) is 21.9 Å². The van der Waals surface area contributed by atoms with Crippen LogP contribution in [-0.2, 0) is 13.1 Å². The van der Waals surface area contributed by atoms with E-state index in [4.69, 9.17) is 51.4 Å². The summed E-state index contributed by atoms with van der Waals surface area (Å²) in [5.41, 5.74) is 2.25. The number of H-pyrrole nitrogens is 2. The zero-order valence-corrected chi connectivity index (χ0v) is 45.5. The highest BCUT2D eigenvalue weighted by Gasteiger charge is 2.41. The van der Waals surface area contributed by atoms with E-state index in [-0.39, 0.29) is 17.5 Å². The number of aromatic amines is 2. The van der Waals surface area contributed by atoms with Crippen LogP contribution in [-0.4, -0.2) is 150 Å². The first-order chi connectivity index (χ1) is 36.5. The molecule has 4 saturated heterocycles. The Balaban J connectivity index is 0.000000188. The molecule has 408 valence electrons. The van der Waals surface area contributed by atoms with E-state index < -0.39 is 18.0 Å². The molecule has 4 aromatic heterocycles. The highest BCUT2D eigenvalue weighted by Crippen LogP contribution is 2.36. The number of pyridine rings is 2. The Morgan fingerprint density at radius 1 is 0.618 bits per heavy atom. The van der Waals surface area contributed by atoms with E-state index in [0.29, 0.717) is 74.3 Å². The molecule has 0 amide bonds. The topological polar surface area (TPSA) is 123 Å². The van der Waals surface area contributed by atoms with Crippen LogP contribution in [0.25, 0.3) is 22.8 Å². The lowest BCUT2D eigenvalue weighted by molar-refractivity contribution is -0.207. The fourth-order valence-electron chi connectivity index (χ4n) is 11.2. The number of piperidine rings is 2. The largest absolute Gasteiger partial charge is 0.420 e. The van der Waals surface area contributed by atoms with Crippen LogP contribution in [0, 0.1) is 11.6 Å². The molecule has 6 aromatic rings. The number of hydrogen-bond donors (Lipinski definition) is 3. The van der Waals surface area contributed by atoms with Gasteiger partial charge in [0.25, 0.3) is 0 Å². The van der Waals surface area contributed by atoms with Crippen molar-refractivity contribution in [2.45, 2.75) is 102 Å². The maximum atomic E-state index is 14.3. The monoisotopic (exact) mass is 1130 g/mol. The number of benzene rings is 2. The van der Waals surface area contributed by atoms with Gasteiger partial charge in [0, 0.05) is 134 Å². The molecule has 22 heteroatoms. The van der Waals surface area contributed by atoms with Crippen LogP contribution in [0.3, 0.4) is 0 Å². The molecule has 3 atom stereocenters. The lowest BCUT2D eigenvalue weighted by Gasteiger charge is -2.47. The number of nitrogens with one attached hydrogen (secondary N) is 2. The van der Waals surface area contributed by atoms with Crippen LogP contribution >= 0.6 is 46.4 Å². The van der Waals surface area contributed by atoms with Gasteiger partial charge in [0.15, 0.2) is 6.10 Å².